The van der Waals surface area contributed by atoms with Crippen LogP contribution in [0.25, 0.3) is 10.9 Å². The van der Waals surface area contributed by atoms with Crippen molar-refractivity contribution >= 4 is 10.9 Å². The summed E-state index contributed by atoms with van der Waals surface area (Å²) in [5.74, 6) is 2.34. The third-order valence-electron chi connectivity index (χ3n) is 7.25. The normalized spacial score (nSPS) is 15.7. The Kier molecular flexibility index (Phi) is 6.14. The van der Waals surface area contributed by atoms with Gasteiger partial charge in [0.1, 0.15) is 0 Å². The highest BCUT2D eigenvalue weighted by Gasteiger charge is 2.23. The van der Waals surface area contributed by atoms with Crippen LogP contribution in [-0.4, -0.2) is 36.9 Å². The van der Waals surface area contributed by atoms with Gasteiger partial charge in [-0.05, 0) is 64.9 Å². The molecule has 1 fully saturated rings. The van der Waals surface area contributed by atoms with Gasteiger partial charge in [0.15, 0.2) is 17.3 Å². The number of pyridine rings is 1. The van der Waals surface area contributed by atoms with Crippen LogP contribution in [-0.2, 0) is 19.6 Å². The fraction of sp³-hybridized carbons (Fsp3) is 0.407. The summed E-state index contributed by atoms with van der Waals surface area (Å²) in [6.45, 7) is 3.85. The number of aryl methyl sites for hydroxylation is 1. The molecule has 6 rings (SSSR count). The number of tetrazole rings is 1. The number of nitrogens with one attached hydrogen (secondary N) is 1. The topological polar surface area (TPSA) is 98.2 Å². The Morgan fingerprint density at radius 1 is 1.03 bits per heavy atom. The van der Waals surface area contributed by atoms with Gasteiger partial charge in [-0.25, -0.2) is 4.68 Å². The number of rotatable bonds is 7. The molecule has 0 unspecified atom stereocenters. The van der Waals surface area contributed by atoms with E-state index in [0.29, 0.717) is 31.2 Å². The molecule has 1 saturated carbocycles. The van der Waals surface area contributed by atoms with E-state index in [1.54, 1.807) is 0 Å². The summed E-state index contributed by atoms with van der Waals surface area (Å²) in [4.78, 5) is 18.4. The van der Waals surface area contributed by atoms with E-state index in [-0.39, 0.29) is 12.4 Å². The molecular weight excluding hydrogens is 456 g/mol. The van der Waals surface area contributed by atoms with E-state index in [4.69, 9.17) is 9.47 Å². The minimum Gasteiger partial charge on any atom is -0.454 e. The predicted octanol–water partition coefficient (Wildman–Crippen LogP) is 4.26. The number of H-pyrrole nitrogens is 1. The highest BCUT2D eigenvalue weighted by molar-refractivity contribution is 5.81. The molecule has 0 atom stereocenters. The maximum atomic E-state index is 13.1. The molecule has 9 nitrogen and oxygen atoms in total. The molecule has 9 heteroatoms. The number of para-hydroxylation sites is 1. The van der Waals surface area contributed by atoms with Crippen LogP contribution in [0.3, 0.4) is 0 Å². The molecule has 0 saturated heterocycles. The van der Waals surface area contributed by atoms with Crippen molar-refractivity contribution in [2.45, 2.75) is 64.7 Å². The summed E-state index contributed by atoms with van der Waals surface area (Å²) in [6.07, 6.45) is 5.88. The zero-order valence-corrected chi connectivity index (χ0v) is 20.4. The first-order chi connectivity index (χ1) is 17.6. The van der Waals surface area contributed by atoms with Gasteiger partial charge >= 0.3 is 0 Å². The summed E-state index contributed by atoms with van der Waals surface area (Å²) in [6, 6.07) is 14.4. The largest absolute Gasteiger partial charge is 0.454 e. The number of hydrogen-bond donors (Lipinski definition) is 1. The minimum absolute atomic E-state index is 0.0700. The second-order valence-corrected chi connectivity index (χ2v) is 9.83. The van der Waals surface area contributed by atoms with Gasteiger partial charge in [-0.15, -0.1) is 5.10 Å². The van der Waals surface area contributed by atoms with Crippen molar-refractivity contribution < 1.29 is 9.47 Å². The minimum atomic E-state index is -0.0700. The van der Waals surface area contributed by atoms with Crippen LogP contribution in [0.4, 0.5) is 0 Å². The van der Waals surface area contributed by atoms with Crippen molar-refractivity contribution in [3.8, 4) is 11.5 Å². The van der Waals surface area contributed by atoms with Crippen LogP contribution in [0, 0.1) is 6.92 Å². The summed E-state index contributed by atoms with van der Waals surface area (Å²) in [5, 5.41) is 13.8. The molecule has 0 radical (unpaired) electrons. The first-order valence-corrected chi connectivity index (χ1v) is 12.6. The predicted molar refractivity (Wildman–Crippen MR) is 135 cm³/mol. The molecule has 3 heterocycles. The first-order valence-electron chi connectivity index (χ1n) is 12.6. The zero-order valence-electron chi connectivity index (χ0n) is 20.4. The van der Waals surface area contributed by atoms with E-state index in [0.717, 1.165) is 52.2 Å². The molecule has 4 aromatic rings. The van der Waals surface area contributed by atoms with Crippen molar-refractivity contribution in [2.24, 2.45) is 0 Å². The Morgan fingerprint density at radius 2 is 1.89 bits per heavy atom. The Balaban J connectivity index is 1.32. The van der Waals surface area contributed by atoms with Crippen molar-refractivity contribution in [1.82, 2.24) is 30.1 Å². The lowest BCUT2D eigenvalue weighted by atomic mass is 9.95. The van der Waals surface area contributed by atoms with Crippen molar-refractivity contribution in [3.63, 3.8) is 0 Å². The Labute approximate surface area is 209 Å². The Hall–Kier alpha value is -3.72. The average Bonchev–Trinajstić information content (AvgIpc) is 3.55. The van der Waals surface area contributed by atoms with E-state index in [2.05, 4.69) is 25.4 Å². The molecule has 2 aromatic carbocycles. The van der Waals surface area contributed by atoms with Crippen molar-refractivity contribution in [3.05, 3.63) is 75.3 Å². The van der Waals surface area contributed by atoms with Gasteiger partial charge < -0.3 is 14.5 Å². The van der Waals surface area contributed by atoms with E-state index in [1.807, 2.05) is 54.1 Å². The van der Waals surface area contributed by atoms with E-state index >= 15 is 0 Å². The molecule has 2 aliphatic rings. The van der Waals surface area contributed by atoms with E-state index in [1.165, 1.54) is 19.3 Å². The molecule has 2 aromatic heterocycles. The molecule has 36 heavy (non-hydrogen) atoms. The molecule has 0 bridgehead atoms. The second kappa shape index (κ2) is 9.73. The fourth-order valence-electron chi connectivity index (χ4n) is 5.38. The third kappa shape index (κ3) is 4.58. The number of aromatic amines is 1. The molecule has 186 valence electrons. The number of ether oxygens (including phenoxy) is 2. The SMILES string of the molecule is Cc1cccc2cc(CN(Cc3ccc4c(c3)OCO4)Cc3nnnn3C3CCCCC3)c(=O)[nH]c12. The maximum absolute atomic E-state index is 13.1. The number of benzene rings is 2. The Bertz CT molecular complexity index is 1440. The number of fused-ring (bicyclic) bond motifs is 2. The third-order valence-corrected chi connectivity index (χ3v) is 7.25. The van der Waals surface area contributed by atoms with Crippen LogP contribution >= 0.6 is 0 Å². The lowest BCUT2D eigenvalue weighted by molar-refractivity contribution is 0.174. The highest BCUT2D eigenvalue weighted by atomic mass is 16.7. The molecular formula is C27H30N6O3. The highest BCUT2D eigenvalue weighted by Crippen LogP contribution is 2.33. The van der Waals surface area contributed by atoms with Crippen LogP contribution in [0.15, 0.2) is 47.3 Å². The number of hydrogen-bond acceptors (Lipinski definition) is 7. The summed E-state index contributed by atoms with van der Waals surface area (Å²) < 4.78 is 13.1. The summed E-state index contributed by atoms with van der Waals surface area (Å²) in [7, 11) is 0. The first kappa shape index (κ1) is 22.7. The van der Waals surface area contributed by atoms with Crippen LogP contribution in [0.5, 0.6) is 11.5 Å². The lowest BCUT2D eigenvalue weighted by Gasteiger charge is -2.25. The van der Waals surface area contributed by atoms with Gasteiger partial charge in [0.2, 0.25) is 6.79 Å². The molecule has 0 spiro atoms. The van der Waals surface area contributed by atoms with Gasteiger partial charge in [-0.1, -0.05) is 43.5 Å². The van der Waals surface area contributed by atoms with E-state index in [9.17, 15) is 4.79 Å². The molecule has 0 amide bonds. The average molecular weight is 487 g/mol. The second-order valence-electron chi connectivity index (χ2n) is 9.83. The number of nitrogens with zero attached hydrogens (tertiary/aromatic N) is 5. The summed E-state index contributed by atoms with van der Waals surface area (Å²) in [5.41, 5.74) is 3.66. The maximum Gasteiger partial charge on any atom is 0.252 e. The van der Waals surface area contributed by atoms with Crippen molar-refractivity contribution in [2.75, 3.05) is 6.79 Å². The molecule has 1 aliphatic heterocycles. The van der Waals surface area contributed by atoms with Crippen LogP contribution in [0.2, 0.25) is 0 Å². The van der Waals surface area contributed by atoms with Gasteiger partial charge in [0.05, 0.1) is 18.1 Å². The Morgan fingerprint density at radius 3 is 2.78 bits per heavy atom. The molecule has 1 aliphatic carbocycles. The van der Waals surface area contributed by atoms with Crippen molar-refractivity contribution in [1.29, 1.82) is 0 Å². The van der Waals surface area contributed by atoms with Crippen LogP contribution in [0.1, 0.15) is 60.7 Å². The fourth-order valence-corrected chi connectivity index (χ4v) is 5.38. The molecule has 1 N–H and O–H groups in total. The lowest BCUT2D eigenvalue weighted by Crippen LogP contribution is -2.29. The van der Waals surface area contributed by atoms with Gasteiger partial charge in [-0.3, -0.25) is 9.69 Å². The van der Waals surface area contributed by atoms with E-state index < -0.39 is 0 Å². The quantitative estimate of drug-likeness (QED) is 0.417. The van der Waals surface area contributed by atoms with Gasteiger partial charge in [0, 0.05) is 18.7 Å². The van der Waals surface area contributed by atoms with Gasteiger partial charge in [0.25, 0.3) is 5.56 Å². The smallest absolute Gasteiger partial charge is 0.252 e. The standard InChI is InChI=1S/C27H30N6O3/c1-18-6-5-7-20-13-21(27(34)28-26(18)20)15-32(14-19-10-11-23-24(12-19)36-17-35-23)16-25-29-30-31-33(25)22-8-3-2-4-9-22/h5-7,10-13,22H,2-4,8-9,14-17H2,1H3,(H,28,34). The van der Waals surface area contributed by atoms with Crippen LogP contribution < -0.4 is 15.0 Å². The monoisotopic (exact) mass is 486 g/mol. The van der Waals surface area contributed by atoms with Gasteiger partial charge in [-0.2, -0.15) is 0 Å². The number of aromatic nitrogens is 5. The summed E-state index contributed by atoms with van der Waals surface area (Å²) >= 11 is 0. The zero-order chi connectivity index (χ0) is 24.5.